The minimum atomic E-state index is -0.802. The number of ether oxygens (including phenoxy) is 1. The standard InChI is InChI=1S/C14H25NO4/c1-14(2,3)19-10-12(16)15-9-5-4-6-11(15)7-8-13(17)18/h11H,4-10H2,1-3H3,(H,17,18). The number of piperidine rings is 1. The molecule has 1 atom stereocenters. The third-order valence-corrected chi connectivity index (χ3v) is 3.27. The Labute approximate surface area is 114 Å². The number of carboxylic acid groups (broad SMARTS) is 1. The van der Waals surface area contributed by atoms with Crippen LogP contribution in [0.15, 0.2) is 0 Å². The Morgan fingerprint density at radius 3 is 2.58 bits per heavy atom. The number of carbonyl (C=O) groups excluding carboxylic acids is 1. The molecule has 0 spiro atoms. The summed E-state index contributed by atoms with van der Waals surface area (Å²) in [7, 11) is 0. The van der Waals surface area contributed by atoms with E-state index in [1.54, 1.807) is 4.90 Å². The second kappa shape index (κ2) is 6.89. The fraction of sp³-hybridized carbons (Fsp3) is 0.857. The van der Waals surface area contributed by atoms with Gasteiger partial charge in [-0.05, 0) is 46.5 Å². The molecule has 5 nitrogen and oxygen atoms in total. The van der Waals surface area contributed by atoms with Crippen molar-refractivity contribution in [2.24, 2.45) is 0 Å². The fourth-order valence-electron chi connectivity index (χ4n) is 2.28. The normalized spacial score (nSPS) is 20.4. The van der Waals surface area contributed by atoms with Gasteiger partial charge in [-0.1, -0.05) is 0 Å². The molecule has 1 N–H and O–H groups in total. The zero-order chi connectivity index (χ0) is 14.5. The van der Waals surface area contributed by atoms with E-state index in [0.717, 1.165) is 25.8 Å². The van der Waals surface area contributed by atoms with Gasteiger partial charge in [0, 0.05) is 19.0 Å². The lowest BCUT2D eigenvalue weighted by Crippen LogP contribution is -2.46. The summed E-state index contributed by atoms with van der Waals surface area (Å²) < 4.78 is 5.51. The molecular formula is C14H25NO4. The molecule has 5 heteroatoms. The lowest BCUT2D eigenvalue weighted by molar-refractivity contribution is -0.146. The number of carboxylic acids is 1. The molecule has 0 aromatic rings. The maximum atomic E-state index is 12.2. The summed E-state index contributed by atoms with van der Waals surface area (Å²) in [4.78, 5) is 24.6. The van der Waals surface area contributed by atoms with Crippen LogP contribution in [0.1, 0.15) is 52.9 Å². The van der Waals surface area contributed by atoms with E-state index in [2.05, 4.69) is 0 Å². The molecule has 1 fully saturated rings. The Bertz CT molecular complexity index is 322. The van der Waals surface area contributed by atoms with Gasteiger partial charge < -0.3 is 14.7 Å². The van der Waals surface area contributed by atoms with Crippen molar-refractivity contribution in [3.63, 3.8) is 0 Å². The number of nitrogens with zero attached hydrogens (tertiary/aromatic N) is 1. The second-order valence-electron chi connectivity index (χ2n) is 6.07. The maximum absolute atomic E-state index is 12.2. The van der Waals surface area contributed by atoms with Crippen molar-refractivity contribution in [2.45, 2.75) is 64.5 Å². The Morgan fingerprint density at radius 1 is 1.32 bits per heavy atom. The van der Waals surface area contributed by atoms with E-state index in [1.165, 1.54) is 0 Å². The van der Waals surface area contributed by atoms with E-state index in [-0.39, 0.29) is 30.6 Å². The SMILES string of the molecule is CC(C)(C)OCC(=O)N1CCCCC1CCC(=O)O. The molecular weight excluding hydrogens is 246 g/mol. The Balaban J connectivity index is 2.50. The molecule has 0 aromatic carbocycles. The molecule has 1 unspecified atom stereocenters. The number of amides is 1. The van der Waals surface area contributed by atoms with Crippen LogP contribution in [0, 0.1) is 0 Å². The maximum Gasteiger partial charge on any atom is 0.303 e. The number of likely N-dealkylation sites (tertiary alicyclic amines) is 1. The first-order valence-electron chi connectivity index (χ1n) is 6.95. The van der Waals surface area contributed by atoms with Gasteiger partial charge in [0.15, 0.2) is 0 Å². The highest BCUT2D eigenvalue weighted by atomic mass is 16.5. The average molecular weight is 271 g/mol. The van der Waals surface area contributed by atoms with Gasteiger partial charge in [-0.25, -0.2) is 0 Å². The van der Waals surface area contributed by atoms with Crippen LogP contribution in [-0.4, -0.2) is 46.7 Å². The van der Waals surface area contributed by atoms with Gasteiger partial charge in [0.1, 0.15) is 6.61 Å². The molecule has 0 aliphatic carbocycles. The first-order chi connectivity index (χ1) is 8.79. The van der Waals surface area contributed by atoms with E-state index in [9.17, 15) is 9.59 Å². The van der Waals surface area contributed by atoms with Gasteiger partial charge in [0.2, 0.25) is 5.91 Å². The zero-order valence-electron chi connectivity index (χ0n) is 12.1. The summed E-state index contributed by atoms with van der Waals surface area (Å²) in [6, 6.07) is 0.0564. The van der Waals surface area contributed by atoms with Crippen LogP contribution < -0.4 is 0 Å². The molecule has 0 saturated carbocycles. The van der Waals surface area contributed by atoms with Crippen LogP contribution in [0.4, 0.5) is 0 Å². The van der Waals surface area contributed by atoms with Crippen LogP contribution in [0.2, 0.25) is 0 Å². The molecule has 0 aromatic heterocycles. The summed E-state index contributed by atoms with van der Waals surface area (Å²) in [5.74, 6) is -0.825. The lowest BCUT2D eigenvalue weighted by Gasteiger charge is -2.36. The van der Waals surface area contributed by atoms with Crippen LogP contribution in [-0.2, 0) is 14.3 Å². The molecule has 1 heterocycles. The first-order valence-corrected chi connectivity index (χ1v) is 6.95. The van der Waals surface area contributed by atoms with Crippen molar-refractivity contribution < 1.29 is 19.4 Å². The van der Waals surface area contributed by atoms with Crippen molar-refractivity contribution in [3.05, 3.63) is 0 Å². The predicted molar refractivity (Wildman–Crippen MR) is 71.9 cm³/mol. The molecule has 1 aliphatic rings. The van der Waals surface area contributed by atoms with Gasteiger partial charge in [0.25, 0.3) is 0 Å². The van der Waals surface area contributed by atoms with E-state index in [4.69, 9.17) is 9.84 Å². The van der Waals surface area contributed by atoms with Crippen molar-refractivity contribution in [1.82, 2.24) is 4.90 Å². The first kappa shape index (κ1) is 16.0. The molecule has 0 radical (unpaired) electrons. The Morgan fingerprint density at radius 2 is 2.00 bits per heavy atom. The average Bonchev–Trinajstić information content (AvgIpc) is 2.33. The van der Waals surface area contributed by atoms with E-state index in [0.29, 0.717) is 6.42 Å². The summed E-state index contributed by atoms with van der Waals surface area (Å²) >= 11 is 0. The second-order valence-corrected chi connectivity index (χ2v) is 6.07. The monoisotopic (exact) mass is 271 g/mol. The zero-order valence-corrected chi connectivity index (χ0v) is 12.1. The van der Waals surface area contributed by atoms with Gasteiger partial charge in [0.05, 0.1) is 5.60 Å². The van der Waals surface area contributed by atoms with Crippen LogP contribution >= 0.6 is 0 Å². The molecule has 110 valence electrons. The Hall–Kier alpha value is -1.10. The highest BCUT2D eigenvalue weighted by Gasteiger charge is 2.27. The third-order valence-electron chi connectivity index (χ3n) is 3.27. The summed E-state index contributed by atoms with van der Waals surface area (Å²) in [5.41, 5.74) is -0.331. The number of rotatable bonds is 5. The quantitative estimate of drug-likeness (QED) is 0.831. The molecule has 1 rings (SSSR count). The van der Waals surface area contributed by atoms with E-state index < -0.39 is 5.97 Å². The van der Waals surface area contributed by atoms with Gasteiger partial charge >= 0.3 is 5.97 Å². The molecule has 19 heavy (non-hydrogen) atoms. The largest absolute Gasteiger partial charge is 0.481 e. The Kier molecular flexibility index (Phi) is 5.79. The van der Waals surface area contributed by atoms with Gasteiger partial charge in [-0.15, -0.1) is 0 Å². The van der Waals surface area contributed by atoms with Crippen molar-refractivity contribution >= 4 is 11.9 Å². The van der Waals surface area contributed by atoms with E-state index in [1.807, 2.05) is 20.8 Å². The number of hydrogen-bond acceptors (Lipinski definition) is 3. The number of hydrogen-bond donors (Lipinski definition) is 1. The minimum absolute atomic E-state index is 0.0231. The fourth-order valence-corrected chi connectivity index (χ4v) is 2.28. The summed E-state index contributed by atoms with van der Waals surface area (Å²) in [5, 5.41) is 8.75. The van der Waals surface area contributed by atoms with Gasteiger partial charge in [-0.2, -0.15) is 0 Å². The third kappa shape index (κ3) is 6.05. The molecule has 1 amide bonds. The molecule has 1 saturated heterocycles. The lowest BCUT2D eigenvalue weighted by atomic mass is 9.98. The number of aliphatic carboxylic acids is 1. The molecule has 0 bridgehead atoms. The van der Waals surface area contributed by atoms with Gasteiger partial charge in [-0.3, -0.25) is 9.59 Å². The highest BCUT2D eigenvalue weighted by molar-refractivity contribution is 5.78. The predicted octanol–water partition coefficient (Wildman–Crippen LogP) is 2.05. The topological polar surface area (TPSA) is 66.8 Å². The van der Waals surface area contributed by atoms with Crippen LogP contribution in [0.3, 0.4) is 0 Å². The van der Waals surface area contributed by atoms with Crippen molar-refractivity contribution in [3.8, 4) is 0 Å². The summed E-state index contributed by atoms with van der Waals surface area (Å²) in [6.45, 7) is 6.54. The van der Waals surface area contributed by atoms with Crippen LogP contribution in [0.25, 0.3) is 0 Å². The van der Waals surface area contributed by atoms with Crippen molar-refractivity contribution in [2.75, 3.05) is 13.2 Å². The smallest absolute Gasteiger partial charge is 0.303 e. The van der Waals surface area contributed by atoms with Crippen LogP contribution in [0.5, 0.6) is 0 Å². The molecule has 1 aliphatic heterocycles. The van der Waals surface area contributed by atoms with Crippen molar-refractivity contribution in [1.29, 1.82) is 0 Å². The number of carbonyl (C=O) groups is 2. The summed E-state index contributed by atoms with van der Waals surface area (Å²) in [6.07, 6.45) is 3.61. The highest BCUT2D eigenvalue weighted by Crippen LogP contribution is 2.21. The van der Waals surface area contributed by atoms with E-state index >= 15 is 0 Å². The minimum Gasteiger partial charge on any atom is -0.481 e.